The Balaban J connectivity index is 1.35. The number of halogens is 1. The minimum atomic E-state index is -0.372. The van der Waals surface area contributed by atoms with Gasteiger partial charge in [0.2, 0.25) is 5.16 Å². The smallest absolute Gasteiger partial charge is 0.214 e. The summed E-state index contributed by atoms with van der Waals surface area (Å²) in [6, 6.07) is 20.2. The van der Waals surface area contributed by atoms with Crippen molar-refractivity contribution in [3.63, 3.8) is 0 Å². The summed E-state index contributed by atoms with van der Waals surface area (Å²) < 4.78 is 14.9. The maximum Gasteiger partial charge on any atom is 0.214 e. The minimum Gasteiger partial charge on any atom is -0.293 e. The van der Waals surface area contributed by atoms with Crippen LogP contribution in [0, 0.1) is 5.82 Å². The van der Waals surface area contributed by atoms with Crippen LogP contribution in [-0.4, -0.2) is 31.7 Å². The molecule has 0 saturated carbocycles. The van der Waals surface area contributed by atoms with Gasteiger partial charge in [-0.2, -0.15) is 4.68 Å². The van der Waals surface area contributed by atoms with Gasteiger partial charge < -0.3 is 0 Å². The molecule has 4 aromatic rings. The molecule has 0 unspecified atom stereocenters. The molecule has 0 bridgehead atoms. The molecule has 0 atom stereocenters. The average molecular weight is 402 g/mol. The van der Waals surface area contributed by atoms with Crippen LogP contribution >= 0.6 is 11.8 Å². The lowest BCUT2D eigenvalue weighted by molar-refractivity contribution is 0.102. The Labute approximate surface area is 170 Å². The summed E-state index contributed by atoms with van der Waals surface area (Å²) in [6.07, 6.45) is 0.900. The number of hydrogen-bond donors (Lipinski definition) is 0. The van der Waals surface area contributed by atoms with Gasteiger partial charge in [0.05, 0.1) is 11.4 Å². The highest BCUT2D eigenvalue weighted by Gasteiger charge is 2.20. The van der Waals surface area contributed by atoms with Crippen LogP contribution in [0.4, 0.5) is 4.39 Å². The van der Waals surface area contributed by atoms with Crippen LogP contribution in [-0.2, 0) is 6.42 Å². The summed E-state index contributed by atoms with van der Waals surface area (Å²) in [5, 5.41) is 12.0. The second-order valence-electron chi connectivity index (χ2n) is 6.77. The summed E-state index contributed by atoms with van der Waals surface area (Å²) in [4.78, 5) is 12.8. The van der Waals surface area contributed by atoms with E-state index in [1.807, 2.05) is 30.3 Å². The molecule has 5 nitrogen and oxygen atoms in total. The third kappa shape index (κ3) is 3.34. The molecule has 142 valence electrons. The Hall–Kier alpha value is -3.32. The molecule has 0 N–H and O–H groups in total. The number of thioether (sulfide) groups is 1. The molecule has 3 aromatic carbocycles. The molecule has 0 radical (unpaired) electrons. The molecule has 0 spiro atoms. The van der Waals surface area contributed by atoms with Crippen molar-refractivity contribution in [3.8, 4) is 16.8 Å². The molecule has 0 fully saturated rings. The number of carbonyl (C=O) groups is 1. The molecule has 1 aliphatic rings. The second-order valence-corrected chi connectivity index (χ2v) is 7.71. The predicted octanol–water partition coefficient (Wildman–Crippen LogP) is 4.35. The average Bonchev–Trinajstić information content (AvgIpc) is 3.36. The SMILES string of the molecule is O=C(CSc1nnnn1-c1cccc(F)c1)c1ccc2c(c1)-c1ccccc1C2. The number of rotatable bonds is 5. The molecule has 29 heavy (non-hydrogen) atoms. The Kier molecular flexibility index (Phi) is 4.44. The van der Waals surface area contributed by atoms with Crippen molar-refractivity contribution in [3.05, 3.63) is 89.2 Å². The summed E-state index contributed by atoms with van der Waals surface area (Å²) in [7, 11) is 0. The highest BCUT2D eigenvalue weighted by atomic mass is 32.2. The zero-order valence-corrected chi connectivity index (χ0v) is 16.1. The number of Topliss-reactive ketones (excluding diaryl/α,β-unsaturated/α-hetero) is 1. The van der Waals surface area contributed by atoms with Crippen molar-refractivity contribution < 1.29 is 9.18 Å². The fraction of sp³-hybridized carbons (Fsp3) is 0.0909. The molecular formula is C22H15FN4OS. The van der Waals surface area contributed by atoms with Crippen molar-refractivity contribution in [1.82, 2.24) is 20.2 Å². The molecule has 0 aliphatic heterocycles. The zero-order valence-electron chi connectivity index (χ0n) is 15.2. The summed E-state index contributed by atoms with van der Waals surface area (Å²) in [6.45, 7) is 0. The van der Waals surface area contributed by atoms with E-state index in [9.17, 15) is 9.18 Å². The van der Waals surface area contributed by atoms with E-state index in [0.717, 1.165) is 12.0 Å². The highest BCUT2D eigenvalue weighted by molar-refractivity contribution is 7.99. The van der Waals surface area contributed by atoms with Gasteiger partial charge in [0.25, 0.3) is 0 Å². The van der Waals surface area contributed by atoms with Crippen LogP contribution in [0.15, 0.2) is 71.9 Å². The molecule has 0 amide bonds. The molecule has 5 rings (SSSR count). The van der Waals surface area contributed by atoms with Crippen molar-refractivity contribution in [2.75, 3.05) is 5.75 Å². The van der Waals surface area contributed by atoms with E-state index in [2.05, 4.69) is 27.7 Å². The van der Waals surface area contributed by atoms with Crippen LogP contribution in [0.1, 0.15) is 21.5 Å². The molecule has 1 heterocycles. The van der Waals surface area contributed by atoms with E-state index in [1.165, 1.54) is 45.3 Å². The van der Waals surface area contributed by atoms with E-state index in [0.29, 0.717) is 16.4 Å². The first-order valence-corrected chi connectivity index (χ1v) is 10.1. The normalized spacial score (nSPS) is 11.9. The largest absolute Gasteiger partial charge is 0.293 e. The number of tetrazole rings is 1. The number of benzene rings is 3. The lowest BCUT2D eigenvalue weighted by Crippen LogP contribution is -2.05. The van der Waals surface area contributed by atoms with E-state index >= 15 is 0 Å². The van der Waals surface area contributed by atoms with Crippen molar-refractivity contribution in [2.24, 2.45) is 0 Å². The number of ketones is 1. The lowest BCUT2D eigenvalue weighted by atomic mass is 10.0. The number of nitrogens with zero attached hydrogens (tertiary/aromatic N) is 4. The van der Waals surface area contributed by atoms with Crippen LogP contribution in [0.2, 0.25) is 0 Å². The second kappa shape index (κ2) is 7.25. The molecule has 1 aliphatic carbocycles. The lowest BCUT2D eigenvalue weighted by Gasteiger charge is -2.06. The van der Waals surface area contributed by atoms with E-state index in [4.69, 9.17) is 0 Å². The van der Waals surface area contributed by atoms with Gasteiger partial charge in [0, 0.05) is 5.56 Å². The van der Waals surface area contributed by atoms with Crippen LogP contribution < -0.4 is 0 Å². The first-order chi connectivity index (χ1) is 14.2. The fourth-order valence-corrected chi connectivity index (χ4v) is 4.33. The summed E-state index contributed by atoms with van der Waals surface area (Å²) >= 11 is 1.23. The monoisotopic (exact) mass is 402 g/mol. The van der Waals surface area contributed by atoms with Crippen LogP contribution in [0.3, 0.4) is 0 Å². The third-order valence-corrected chi connectivity index (χ3v) is 5.87. The Morgan fingerprint density at radius 2 is 1.86 bits per heavy atom. The Bertz CT molecular complexity index is 1240. The molecular weight excluding hydrogens is 387 g/mol. The van der Waals surface area contributed by atoms with Crippen molar-refractivity contribution >= 4 is 17.5 Å². The highest BCUT2D eigenvalue weighted by Crippen LogP contribution is 2.37. The van der Waals surface area contributed by atoms with Crippen LogP contribution in [0.25, 0.3) is 16.8 Å². The van der Waals surface area contributed by atoms with Crippen molar-refractivity contribution in [1.29, 1.82) is 0 Å². The predicted molar refractivity (Wildman–Crippen MR) is 109 cm³/mol. The van der Waals surface area contributed by atoms with Gasteiger partial charge in [0.15, 0.2) is 5.78 Å². The minimum absolute atomic E-state index is 0.00373. The van der Waals surface area contributed by atoms with Gasteiger partial charge >= 0.3 is 0 Å². The number of hydrogen-bond acceptors (Lipinski definition) is 5. The van der Waals surface area contributed by atoms with Gasteiger partial charge in [-0.3, -0.25) is 4.79 Å². The van der Waals surface area contributed by atoms with E-state index in [1.54, 1.807) is 12.1 Å². The quantitative estimate of drug-likeness (QED) is 0.323. The van der Waals surface area contributed by atoms with Gasteiger partial charge in [-0.25, -0.2) is 4.39 Å². The first-order valence-electron chi connectivity index (χ1n) is 9.10. The van der Waals surface area contributed by atoms with Gasteiger partial charge in [-0.1, -0.05) is 54.2 Å². The van der Waals surface area contributed by atoms with Crippen LogP contribution in [0.5, 0.6) is 0 Å². The molecule has 7 heteroatoms. The topological polar surface area (TPSA) is 60.7 Å². The van der Waals surface area contributed by atoms with Crippen molar-refractivity contribution in [2.45, 2.75) is 11.6 Å². The Morgan fingerprint density at radius 1 is 1.00 bits per heavy atom. The van der Waals surface area contributed by atoms with E-state index in [-0.39, 0.29) is 17.4 Å². The fourth-order valence-electron chi connectivity index (χ4n) is 3.55. The maximum atomic E-state index is 13.5. The number of aromatic nitrogens is 4. The van der Waals surface area contributed by atoms with Gasteiger partial charge in [0.1, 0.15) is 5.82 Å². The number of fused-ring (bicyclic) bond motifs is 3. The Morgan fingerprint density at radius 3 is 2.76 bits per heavy atom. The van der Waals surface area contributed by atoms with Gasteiger partial charge in [-0.15, -0.1) is 5.10 Å². The summed E-state index contributed by atoms with van der Waals surface area (Å²) in [5.41, 5.74) is 6.03. The molecule has 0 saturated heterocycles. The van der Waals surface area contributed by atoms with Gasteiger partial charge in [-0.05, 0) is 63.4 Å². The number of carbonyl (C=O) groups excluding carboxylic acids is 1. The standard InChI is InChI=1S/C22H15FN4OS/c23-17-5-3-6-18(12-17)27-22(24-25-26-27)29-13-21(28)16-9-8-15-10-14-4-1-2-7-19(14)20(15)11-16/h1-9,11-12H,10,13H2. The summed E-state index contributed by atoms with van der Waals surface area (Å²) in [5.74, 6) is -0.185. The van der Waals surface area contributed by atoms with E-state index < -0.39 is 0 Å². The zero-order chi connectivity index (χ0) is 19.8. The molecule has 1 aromatic heterocycles. The maximum absolute atomic E-state index is 13.5. The first kappa shape index (κ1) is 17.8. The third-order valence-electron chi connectivity index (χ3n) is 4.95.